The van der Waals surface area contributed by atoms with Gasteiger partial charge in [0.15, 0.2) is 0 Å². The standard InChI is InChI=1S/C15H22Br2/c1-3-5-9-15(4-2,12-16)11-13-7-6-8-14(17)10-13/h6-8,10H,3-5,9,11-12H2,1-2H3. The van der Waals surface area contributed by atoms with Gasteiger partial charge < -0.3 is 0 Å². The third-order valence-corrected chi connectivity index (χ3v) is 5.25. The normalized spacial score (nSPS) is 14.6. The van der Waals surface area contributed by atoms with Crippen molar-refractivity contribution < 1.29 is 0 Å². The molecule has 0 fully saturated rings. The minimum Gasteiger partial charge on any atom is -0.0922 e. The number of rotatable bonds is 7. The lowest BCUT2D eigenvalue weighted by Gasteiger charge is -2.31. The summed E-state index contributed by atoms with van der Waals surface area (Å²) in [7, 11) is 0. The number of benzene rings is 1. The van der Waals surface area contributed by atoms with Crippen LogP contribution in [-0.4, -0.2) is 5.33 Å². The fraction of sp³-hybridized carbons (Fsp3) is 0.600. The third-order valence-electron chi connectivity index (χ3n) is 3.56. The van der Waals surface area contributed by atoms with Crippen molar-refractivity contribution in [3.05, 3.63) is 34.3 Å². The van der Waals surface area contributed by atoms with Crippen LogP contribution in [-0.2, 0) is 6.42 Å². The molecule has 0 spiro atoms. The van der Waals surface area contributed by atoms with Crippen LogP contribution >= 0.6 is 31.9 Å². The average Bonchev–Trinajstić information content (AvgIpc) is 2.35. The smallest absolute Gasteiger partial charge is 0.0177 e. The van der Waals surface area contributed by atoms with Gasteiger partial charge in [-0.3, -0.25) is 0 Å². The van der Waals surface area contributed by atoms with Gasteiger partial charge in [0, 0.05) is 9.80 Å². The number of hydrogen-bond acceptors (Lipinski definition) is 0. The second-order valence-electron chi connectivity index (χ2n) is 4.90. The molecule has 1 unspecified atom stereocenters. The van der Waals surface area contributed by atoms with E-state index in [1.807, 2.05) is 0 Å². The SMILES string of the molecule is CCCCC(CC)(CBr)Cc1cccc(Br)c1. The molecule has 0 aliphatic carbocycles. The van der Waals surface area contributed by atoms with E-state index in [1.165, 1.54) is 42.1 Å². The van der Waals surface area contributed by atoms with Gasteiger partial charge >= 0.3 is 0 Å². The van der Waals surface area contributed by atoms with Crippen molar-refractivity contribution in [1.29, 1.82) is 0 Å². The highest BCUT2D eigenvalue weighted by atomic mass is 79.9. The maximum Gasteiger partial charge on any atom is 0.0177 e. The molecule has 0 aliphatic heterocycles. The molecule has 0 bridgehead atoms. The predicted molar refractivity (Wildman–Crippen MR) is 83.9 cm³/mol. The molecule has 2 heteroatoms. The van der Waals surface area contributed by atoms with E-state index in [0.717, 1.165) is 5.33 Å². The average molecular weight is 362 g/mol. The zero-order valence-electron chi connectivity index (χ0n) is 10.8. The second kappa shape index (κ2) is 7.58. The van der Waals surface area contributed by atoms with E-state index in [-0.39, 0.29) is 0 Å². The summed E-state index contributed by atoms with van der Waals surface area (Å²) in [6, 6.07) is 8.72. The summed E-state index contributed by atoms with van der Waals surface area (Å²) in [4.78, 5) is 0. The summed E-state index contributed by atoms with van der Waals surface area (Å²) in [6.07, 6.45) is 6.34. The first-order valence-electron chi connectivity index (χ1n) is 6.46. The molecule has 1 rings (SSSR count). The Kier molecular flexibility index (Phi) is 6.79. The molecule has 1 aromatic carbocycles. The van der Waals surface area contributed by atoms with Crippen molar-refractivity contribution in [2.75, 3.05) is 5.33 Å². The van der Waals surface area contributed by atoms with Gasteiger partial charge in [0.2, 0.25) is 0 Å². The van der Waals surface area contributed by atoms with Gasteiger partial charge in [-0.2, -0.15) is 0 Å². The first-order valence-corrected chi connectivity index (χ1v) is 8.37. The van der Waals surface area contributed by atoms with E-state index in [2.05, 4.69) is 70.0 Å². The monoisotopic (exact) mass is 360 g/mol. The zero-order valence-corrected chi connectivity index (χ0v) is 14.0. The number of halogens is 2. The van der Waals surface area contributed by atoms with Crippen LogP contribution in [0.5, 0.6) is 0 Å². The first-order chi connectivity index (χ1) is 8.15. The molecule has 1 aromatic rings. The van der Waals surface area contributed by atoms with Crippen molar-refractivity contribution in [2.45, 2.75) is 46.0 Å². The van der Waals surface area contributed by atoms with Gasteiger partial charge in [0.05, 0.1) is 0 Å². The maximum atomic E-state index is 3.73. The zero-order chi connectivity index (χ0) is 12.7. The number of hydrogen-bond donors (Lipinski definition) is 0. The summed E-state index contributed by atoms with van der Waals surface area (Å²) >= 11 is 7.28. The molecule has 0 saturated carbocycles. The van der Waals surface area contributed by atoms with E-state index in [0.29, 0.717) is 5.41 Å². The van der Waals surface area contributed by atoms with E-state index < -0.39 is 0 Å². The van der Waals surface area contributed by atoms with Crippen molar-refractivity contribution in [3.63, 3.8) is 0 Å². The quantitative estimate of drug-likeness (QED) is 0.524. The highest BCUT2D eigenvalue weighted by Crippen LogP contribution is 2.35. The molecule has 0 amide bonds. The van der Waals surface area contributed by atoms with Crippen LogP contribution in [0, 0.1) is 5.41 Å². The van der Waals surface area contributed by atoms with Crippen LogP contribution in [0.2, 0.25) is 0 Å². The Morgan fingerprint density at radius 3 is 2.53 bits per heavy atom. The first kappa shape index (κ1) is 15.2. The minimum absolute atomic E-state index is 0.427. The Morgan fingerprint density at radius 2 is 2.00 bits per heavy atom. The second-order valence-corrected chi connectivity index (χ2v) is 6.37. The molecule has 0 saturated heterocycles. The molecule has 0 heterocycles. The fourth-order valence-corrected chi connectivity index (χ4v) is 3.55. The molecular weight excluding hydrogens is 340 g/mol. The highest BCUT2D eigenvalue weighted by molar-refractivity contribution is 9.10. The van der Waals surface area contributed by atoms with Gasteiger partial charge in [-0.15, -0.1) is 0 Å². The Bertz CT molecular complexity index is 329. The molecule has 0 nitrogen and oxygen atoms in total. The fourth-order valence-electron chi connectivity index (χ4n) is 2.23. The largest absolute Gasteiger partial charge is 0.0922 e. The van der Waals surface area contributed by atoms with Crippen LogP contribution in [0.4, 0.5) is 0 Å². The van der Waals surface area contributed by atoms with Crippen molar-refractivity contribution >= 4 is 31.9 Å². The number of alkyl halides is 1. The topological polar surface area (TPSA) is 0 Å². The minimum atomic E-state index is 0.427. The Labute approximate surface area is 122 Å². The number of unbranched alkanes of at least 4 members (excludes halogenated alkanes) is 1. The van der Waals surface area contributed by atoms with E-state index in [9.17, 15) is 0 Å². The molecule has 0 aromatic heterocycles. The third kappa shape index (κ3) is 4.75. The summed E-state index contributed by atoms with van der Waals surface area (Å²) < 4.78 is 1.19. The maximum absolute atomic E-state index is 3.73. The van der Waals surface area contributed by atoms with Crippen LogP contribution in [0.1, 0.15) is 45.1 Å². The van der Waals surface area contributed by atoms with Gasteiger partial charge in [0.1, 0.15) is 0 Å². The van der Waals surface area contributed by atoms with Crippen molar-refractivity contribution in [1.82, 2.24) is 0 Å². The van der Waals surface area contributed by atoms with Crippen molar-refractivity contribution in [2.24, 2.45) is 5.41 Å². The van der Waals surface area contributed by atoms with Gasteiger partial charge in [-0.1, -0.05) is 70.7 Å². The van der Waals surface area contributed by atoms with Crippen LogP contribution in [0.25, 0.3) is 0 Å². The Hall–Kier alpha value is 0.180. The van der Waals surface area contributed by atoms with Gasteiger partial charge in [0.25, 0.3) is 0 Å². The van der Waals surface area contributed by atoms with E-state index in [1.54, 1.807) is 0 Å². The summed E-state index contributed by atoms with van der Waals surface area (Å²) in [5.74, 6) is 0. The molecule has 96 valence electrons. The molecule has 0 N–H and O–H groups in total. The molecule has 1 atom stereocenters. The predicted octanol–water partition coefficient (Wildman–Crippen LogP) is 5.97. The lowest BCUT2D eigenvalue weighted by molar-refractivity contribution is 0.284. The van der Waals surface area contributed by atoms with E-state index in [4.69, 9.17) is 0 Å². The summed E-state index contributed by atoms with van der Waals surface area (Å²) in [5, 5.41) is 1.10. The Balaban J connectivity index is 2.78. The van der Waals surface area contributed by atoms with E-state index >= 15 is 0 Å². The lowest BCUT2D eigenvalue weighted by atomic mass is 9.77. The van der Waals surface area contributed by atoms with Crippen LogP contribution < -0.4 is 0 Å². The molecular formula is C15H22Br2. The lowest BCUT2D eigenvalue weighted by Crippen LogP contribution is -2.24. The van der Waals surface area contributed by atoms with Gasteiger partial charge in [-0.25, -0.2) is 0 Å². The molecule has 0 aliphatic rings. The molecule has 17 heavy (non-hydrogen) atoms. The van der Waals surface area contributed by atoms with Gasteiger partial charge in [-0.05, 0) is 42.4 Å². The molecule has 0 radical (unpaired) electrons. The highest BCUT2D eigenvalue weighted by Gasteiger charge is 2.26. The Morgan fingerprint density at radius 1 is 1.24 bits per heavy atom. The van der Waals surface area contributed by atoms with Crippen molar-refractivity contribution in [3.8, 4) is 0 Å². The van der Waals surface area contributed by atoms with Crippen LogP contribution in [0.15, 0.2) is 28.7 Å². The van der Waals surface area contributed by atoms with Crippen LogP contribution in [0.3, 0.4) is 0 Å². The summed E-state index contributed by atoms with van der Waals surface area (Å²) in [5.41, 5.74) is 1.87. The summed E-state index contributed by atoms with van der Waals surface area (Å²) in [6.45, 7) is 4.59.